The molecule has 2 nitrogen and oxygen atoms in total. The highest BCUT2D eigenvalue weighted by molar-refractivity contribution is 5.04. The van der Waals surface area contributed by atoms with Gasteiger partial charge in [0, 0.05) is 0 Å². The standard InChI is InChI=1S/C11H22N2/c1-9(2)6-11(5,8-12)13-7-10(3)4/h9-10,13H,6-7H2,1-5H3. The largest absolute Gasteiger partial charge is 0.299 e. The molecule has 2 heteroatoms. The van der Waals surface area contributed by atoms with Gasteiger partial charge in [-0.25, -0.2) is 0 Å². The van der Waals surface area contributed by atoms with Crippen molar-refractivity contribution < 1.29 is 0 Å². The van der Waals surface area contributed by atoms with E-state index in [1.165, 1.54) is 0 Å². The number of nitrogens with zero attached hydrogens (tertiary/aromatic N) is 1. The normalized spacial score (nSPS) is 15.8. The maximum absolute atomic E-state index is 9.03. The van der Waals surface area contributed by atoms with Crippen molar-refractivity contribution in [3.8, 4) is 6.07 Å². The second-order valence-corrected chi connectivity index (χ2v) is 4.82. The monoisotopic (exact) mass is 182 g/mol. The summed E-state index contributed by atoms with van der Waals surface area (Å²) in [7, 11) is 0. The van der Waals surface area contributed by atoms with E-state index in [2.05, 4.69) is 39.1 Å². The lowest BCUT2D eigenvalue weighted by molar-refractivity contribution is 0.347. The van der Waals surface area contributed by atoms with E-state index in [9.17, 15) is 0 Å². The van der Waals surface area contributed by atoms with E-state index in [4.69, 9.17) is 5.26 Å². The molecule has 0 saturated carbocycles. The van der Waals surface area contributed by atoms with Crippen molar-refractivity contribution in [1.29, 1.82) is 5.26 Å². The fourth-order valence-electron chi connectivity index (χ4n) is 1.40. The van der Waals surface area contributed by atoms with E-state index in [1.807, 2.05) is 6.92 Å². The fraction of sp³-hybridized carbons (Fsp3) is 0.909. The van der Waals surface area contributed by atoms with Crippen molar-refractivity contribution in [2.24, 2.45) is 11.8 Å². The zero-order valence-electron chi connectivity index (χ0n) is 9.52. The lowest BCUT2D eigenvalue weighted by Crippen LogP contribution is -2.43. The highest BCUT2D eigenvalue weighted by atomic mass is 15.0. The maximum atomic E-state index is 9.03. The number of rotatable bonds is 5. The molecule has 1 unspecified atom stereocenters. The molecule has 0 fully saturated rings. The van der Waals surface area contributed by atoms with Crippen LogP contribution in [0.3, 0.4) is 0 Å². The fourth-order valence-corrected chi connectivity index (χ4v) is 1.40. The van der Waals surface area contributed by atoms with Gasteiger partial charge in [-0.15, -0.1) is 0 Å². The van der Waals surface area contributed by atoms with Gasteiger partial charge in [0.1, 0.15) is 5.54 Å². The molecule has 0 radical (unpaired) electrons. The summed E-state index contributed by atoms with van der Waals surface area (Å²) in [5, 5.41) is 12.4. The first-order chi connectivity index (χ1) is 5.89. The van der Waals surface area contributed by atoms with Crippen LogP contribution in [0.15, 0.2) is 0 Å². The minimum Gasteiger partial charge on any atom is -0.299 e. The quantitative estimate of drug-likeness (QED) is 0.709. The van der Waals surface area contributed by atoms with E-state index >= 15 is 0 Å². The van der Waals surface area contributed by atoms with Gasteiger partial charge in [-0.1, -0.05) is 27.7 Å². The van der Waals surface area contributed by atoms with Crippen LogP contribution in [0.2, 0.25) is 0 Å². The second-order valence-electron chi connectivity index (χ2n) is 4.82. The Morgan fingerprint density at radius 3 is 2.08 bits per heavy atom. The van der Waals surface area contributed by atoms with Crippen LogP contribution in [-0.2, 0) is 0 Å². The Morgan fingerprint density at radius 1 is 1.23 bits per heavy atom. The smallest absolute Gasteiger partial charge is 0.104 e. The third-order valence-corrected chi connectivity index (χ3v) is 1.96. The molecule has 76 valence electrons. The average molecular weight is 182 g/mol. The summed E-state index contributed by atoms with van der Waals surface area (Å²) in [6.45, 7) is 11.5. The van der Waals surface area contributed by atoms with E-state index < -0.39 is 0 Å². The first kappa shape index (κ1) is 12.4. The Morgan fingerprint density at radius 2 is 1.77 bits per heavy atom. The van der Waals surface area contributed by atoms with Crippen molar-refractivity contribution in [2.45, 2.75) is 46.6 Å². The lowest BCUT2D eigenvalue weighted by atomic mass is 9.92. The van der Waals surface area contributed by atoms with Gasteiger partial charge in [0.25, 0.3) is 0 Å². The number of nitrogens with one attached hydrogen (secondary N) is 1. The summed E-state index contributed by atoms with van der Waals surface area (Å²) >= 11 is 0. The van der Waals surface area contributed by atoms with Gasteiger partial charge in [0.15, 0.2) is 0 Å². The van der Waals surface area contributed by atoms with Crippen molar-refractivity contribution in [2.75, 3.05) is 6.54 Å². The van der Waals surface area contributed by atoms with E-state index in [0.29, 0.717) is 11.8 Å². The van der Waals surface area contributed by atoms with Crippen molar-refractivity contribution >= 4 is 0 Å². The zero-order chi connectivity index (χ0) is 10.5. The Labute approximate surface area is 82.3 Å². The summed E-state index contributed by atoms with van der Waals surface area (Å²) < 4.78 is 0. The molecule has 0 aliphatic carbocycles. The van der Waals surface area contributed by atoms with Crippen LogP contribution in [0.25, 0.3) is 0 Å². The van der Waals surface area contributed by atoms with Crippen LogP contribution in [0.5, 0.6) is 0 Å². The predicted octanol–water partition coefficient (Wildman–Crippen LogP) is 2.56. The maximum Gasteiger partial charge on any atom is 0.104 e. The third kappa shape index (κ3) is 5.65. The average Bonchev–Trinajstić information content (AvgIpc) is 2.00. The van der Waals surface area contributed by atoms with Crippen LogP contribution in [-0.4, -0.2) is 12.1 Å². The van der Waals surface area contributed by atoms with Gasteiger partial charge in [-0.2, -0.15) is 5.26 Å². The summed E-state index contributed by atoms with van der Waals surface area (Å²) in [6, 6.07) is 2.35. The Hall–Kier alpha value is -0.550. The zero-order valence-corrected chi connectivity index (χ0v) is 9.52. The van der Waals surface area contributed by atoms with Crippen LogP contribution in [0.1, 0.15) is 41.0 Å². The molecule has 0 amide bonds. The van der Waals surface area contributed by atoms with Gasteiger partial charge in [-0.05, 0) is 31.7 Å². The molecule has 0 aliphatic heterocycles. The Balaban J connectivity index is 4.06. The molecule has 0 aromatic rings. The van der Waals surface area contributed by atoms with Gasteiger partial charge < -0.3 is 0 Å². The van der Waals surface area contributed by atoms with Crippen molar-refractivity contribution in [1.82, 2.24) is 5.32 Å². The first-order valence-corrected chi connectivity index (χ1v) is 5.06. The van der Waals surface area contributed by atoms with Crippen LogP contribution in [0, 0.1) is 23.2 Å². The second kappa shape index (κ2) is 5.24. The molecule has 0 spiro atoms. The number of nitriles is 1. The molecular formula is C11H22N2. The molecule has 13 heavy (non-hydrogen) atoms. The first-order valence-electron chi connectivity index (χ1n) is 5.06. The molecule has 0 aliphatic rings. The highest BCUT2D eigenvalue weighted by Crippen LogP contribution is 2.15. The molecule has 0 rings (SSSR count). The Kier molecular flexibility index (Phi) is 5.02. The molecule has 0 saturated heterocycles. The van der Waals surface area contributed by atoms with Gasteiger partial charge in [-0.3, -0.25) is 5.32 Å². The minimum atomic E-state index is -0.349. The number of hydrogen-bond donors (Lipinski definition) is 1. The Bertz CT molecular complexity index is 179. The molecule has 0 heterocycles. The SMILES string of the molecule is CC(C)CNC(C)(C#N)CC(C)C. The molecule has 1 atom stereocenters. The van der Waals surface area contributed by atoms with Crippen LogP contribution < -0.4 is 5.32 Å². The van der Waals surface area contributed by atoms with E-state index in [-0.39, 0.29) is 5.54 Å². The van der Waals surface area contributed by atoms with Crippen LogP contribution >= 0.6 is 0 Å². The number of hydrogen-bond acceptors (Lipinski definition) is 2. The highest BCUT2D eigenvalue weighted by Gasteiger charge is 2.24. The summed E-state index contributed by atoms with van der Waals surface area (Å²) in [5.74, 6) is 1.16. The minimum absolute atomic E-state index is 0.349. The molecular weight excluding hydrogens is 160 g/mol. The van der Waals surface area contributed by atoms with Crippen LogP contribution in [0.4, 0.5) is 0 Å². The molecule has 0 aromatic carbocycles. The summed E-state index contributed by atoms with van der Waals surface area (Å²) in [4.78, 5) is 0. The van der Waals surface area contributed by atoms with Gasteiger partial charge >= 0.3 is 0 Å². The predicted molar refractivity (Wildman–Crippen MR) is 56.3 cm³/mol. The third-order valence-electron chi connectivity index (χ3n) is 1.96. The summed E-state index contributed by atoms with van der Waals surface area (Å²) in [6.07, 6.45) is 0.913. The van der Waals surface area contributed by atoms with Crippen molar-refractivity contribution in [3.05, 3.63) is 0 Å². The summed E-state index contributed by atoms with van der Waals surface area (Å²) in [5.41, 5.74) is -0.349. The lowest BCUT2D eigenvalue weighted by Gasteiger charge is -2.26. The van der Waals surface area contributed by atoms with Gasteiger partial charge in [0.05, 0.1) is 6.07 Å². The topological polar surface area (TPSA) is 35.8 Å². The van der Waals surface area contributed by atoms with Gasteiger partial charge in [0.2, 0.25) is 0 Å². The van der Waals surface area contributed by atoms with E-state index in [0.717, 1.165) is 13.0 Å². The molecule has 1 N–H and O–H groups in total. The van der Waals surface area contributed by atoms with Crippen molar-refractivity contribution in [3.63, 3.8) is 0 Å². The molecule has 0 bridgehead atoms. The van der Waals surface area contributed by atoms with E-state index in [1.54, 1.807) is 0 Å². The molecule has 0 aromatic heterocycles.